The lowest BCUT2D eigenvalue weighted by Crippen LogP contribution is -2.01. The number of amides is 2. The molecule has 0 radical (unpaired) electrons. The van der Waals surface area contributed by atoms with E-state index < -0.39 is 10.5 Å². The number of benzene rings is 2. The first-order chi connectivity index (χ1) is 9.54. The van der Waals surface area contributed by atoms with Crippen molar-refractivity contribution < 1.29 is 9.59 Å². The first-order valence-electron chi connectivity index (χ1n) is 5.69. The van der Waals surface area contributed by atoms with E-state index in [1.807, 2.05) is 48.5 Å². The monoisotopic (exact) mass is 304 g/mol. The molecule has 0 aliphatic carbocycles. The number of rotatable bonds is 3. The van der Waals surface area contributed by atoms with Crippen LogP contribution in [0.5, 0.6) is 0 Å². The van der Waals surface area contributed by atoms with Gasteiger partial charge >= 0.3 is 0 Å². The fourth-order valence-corrected chi connectivity index (χ4v) is 2.67. The maximum Gasteiger partial charge on any atom is 0.281 e. The van der Waals surface area contributed by atoms with Crippen molar-refractivity contribution >= 4 is 34.0 Å². The maximum atomic E-state index is 10.8. The number of carbonyl (C=O) groups excluding carboxylic acids is 2. The molecular formula is C14H12N2O2S2. The highest BCUT2D eigenvalue weighted by atomic mass is 32.2. The molecule has 0 aliphatic rings. The van der Waals surface area contributed by atoms with E-state index in [1.165, 1.54) is 0 Å². The van der Waals surface area contributed by atoms with Crippen LogP contribution in [0.15, 0.2) is 58.3 Å². The fourth-order valence-electron chi connectivity index (χ4n) is 1.66. The summed E-state index contributed by atoms with van der Waals surface area (Å²) in [4.78, 5) is 23.2. The Bertz CT molecular complexity index is 567. The molecule has 0 spiro atoms. The summed E-state index contributed by atoms with van der Waals surface area (Å²) in [5, 5.41) is -0.851. The van der Waals surface area contributed by atoms with E-state index in [0.717, 1.165) is 44.4 Å². The van der Waals surface area contributed by atoms with Crippen molar-refractivity contribution in [2.24, 2.45) is 11.5 Å². The number of hydrogen-bond donors (Lipinski definition) is 2. The molecule has 0 bridgehead atoms. The van der Waals surface area contributed by atoms with Crippen molar-refractivity contribution in [3.63, 3.8) is 0 Å². The second kappa shape index (κ2) is 6.49. The average molecular weight is 304 g/mol. The van der Waals surface area contributed by atoms with Crippen molar-refractivity contribution in [2.75, 3.05) is 0 Å². The first-order valence-corrected chi connectivity index (χ1v) is 7.33. The normalized spacial score (nSPS) is 10.2. The highest BCUT2D eigenvalue weighted by molar-refractivity contribution is 8.13. The Morgan fingerprint density at radius 1 is 0.650 bits per heavy atom. The first kappa shape index (κ1) is 14.5. The Morgan fingerprint density at radius 2 is 0.950 bits per heavy atom. The molecule has 0 unspecified atom stereocenters. The third kappa shape index (κ3) is 4.04. The summed E-state index contributed by atoms with van der Waals surface area (Å²) in [6.07, 6.45) is 0. The van der Waals surface area contributed by atoms with Gasteiger partial charge in [-0.05, 0) is 58.9 Å². The summed E-state index contributed by atoms with van der Waals surface area (Å²) >= 11 is 1.99. The Kier molecular flexibility index (Phi) is 4.70. The molecule has 0 fully saturated rings. The van der Waals surface area contributed by atoms with Gasteiger partial charge in [0.25, 0.3) is 10.5 Å². The SMILES string of the molecule is NC(=O)Sc1ccc(-c2ccc(SC(N)=O)cc2)cc1. The minimum absolute atomic E-state index is 0.425. The molecule has 0 saturated carbocycles. The second-order valence-corrected chi connectivity index (χ2v) is 6.05. The van der Waals surface area contributed by atoms with Crippen LogP contribution in [0, 0.1) is 0 Å². The lowest BCUT2D eigenvalue weighted by Gasteiger charge is -2.04. The van der Waals surface area contributed by atoms with E-state index in [0.29, 0.717) is 0 Å². The Balaban J connectivity index is 2.15. The predicted octanol–water partition coefficient (Wildman–Crippen LogP) is 3.70. The summed E-state index contributed by atoms with van der Waals surface area (Å²) in [6.45, 7) is 0. The molecule has 102 valence electrons. The van der Waals surface area contributed by atoms with Gasteiger partial charge < -0.3 is 11.5 Å². The highest BCUT2D eigenvalue weighted by Crippen LogP contribution is 2.26. The van der Waals surface area contributed by atoms with Gasteiger partial charge in [-0.3, -0.25) is 9.59 Å². The van der Waals surface area contributed by atoms with Gasteiger partial charge in [0.15, 0.2) is 0 Å². The number of hydrogen-bond acceptors (Lipinski definition) is 4. The van der Waals surface area contributed by atoms with Gasteiger partial charge in [0.2, 0.25) is 0 Å². The number of primary amides is 2. The maximum absolute atomic E-state index is 10.8. The minimum Gasteiger partial charge on any atom is -0.360 e. The molecule has 2 rings (SSSR count). The van der Waals surface area contributed by atoms with Gasteiger partial charge in [-0.1, -0.05) is 24.3 Å². The Morgan fingerprint density at radius 3 is 1.20 bits per heavy atom. The van der Waals surface area contributed by atoms with Gasteiger partial charge in [0.1, 0.15) is 0 Å². The standard InChI is InChI=1S/C14H12N2O2S2/c15-13(17)19-11-5-1-9(2-6-11)10-3-7-12(8-4-10)20-14(16)18/h1-8H,(H2,15,17)(H2,16,18). The van der Waals surface area contributed by atoms with E-state index in [1.54, 1.807) is 0 Å². The van der Waals surface area contributed by atoms with Gasteiger partial charge in [0, 0.05) is 9.79 Å². The molecular weight excluding hydrogens is 292 g/mol. The van der Waals surface area contributed by atoms with Crippen LogP contribution in [0.3, 0.4) is 0 Å². The molecule has 4 N–H and O–H groups in total. The number of nitrogens with two attached hydrogens (primary N) is 2. The smallest absolute Gasteiger partial charge is 0.281 e. The van der Waals surface area contributed by atoms with Crippen molar-refractivity contribution in [3.8, 4) is 11.1 Å². The lowest BCUT2D eigenvalue weighted by molar-refractivity contribution is 0.266. The van der Waals surface area contributed by atoms with Gasteiger partial charge in [-0.15, -0.1) is 0 Å². The summed E-state index contributed by atoms with van der Waals surface area (Å²) in [5.74, 6) is 0. The molecule has 2 aromatic rings. The molecule has 2 aromatic carbocycles. The molecule has 0 aliphatic heterocycles. The molecule has 20 heavy (non-hydrogen) atoms. The van der Waals surface area contributed by atoms with Gasteiger partial charge in [-0.2, -0.15) is 0 Å². The molecule has 0 heterocycles. The summed E-state index contributed by atoms with van der Waals surface area (Å²) in [5.41, 5.74) is 12.3. The van der Waals surface area contributed by atoms with Crippen LogP contribution in [-0.2, 0) is 0 Å². The third-order valence-electron chi connectivity index (χ3n) is 2.48. The minimum atomic E-state index is -0.425. The quantitative estimate of drug-likeness (QED) is 0.847. The third-order valence-corrected chi connectivity index (χ3v) is 3.90. The zero-order valence-corrected chi connectivity index (χ0v) is 12.0. The van der Waals surface area contributed by atoms with E-state index in [9.17, 15) is 9.59 Å². The van der Waals surface area contributed by atoms with Gasteiger partial charge in [-0.25, -0.2) is 0 Å². The molecule has 0 saturated heterocycles. The van der Waals surface area contributed by atoms with Crippen LogP contribution in [-0.4, -0.2) is 10.5 Å². The molecule has 2 amide bonds. The highest BCUT2D eigenvalue weighted by Gasteiger charge is 2.03. The van der Waals surface area contributed by atoms with E-state index in [4.69, 9.17) is 11.5 Å². The van der Waals surface area contributed by atoms with Crippen molar-refractivity contribution in [1.82, 2.24) is 0 Å². The van der Waals surface area contributed by atoms with Gasteiger partial charge in [0.05, 0.1) is 0 Å². The lowest BCUT2D eigenvalue weighted by atomic mass is 10.1. The van der Waals surface area contributed by atoms with Crippen LogP contribution in [0.1, 0.15) is 0 Å². The molecule has 6 heteroatoms. The molecule has 4 nitrogen and oxygen atoms in total. The second-order valence-electron chi connectivity index (χ2n) is 3.89. The summed E-state index contributed by atoms with van der Waals surface area (Å²) in [7, 11) is 0. The fraction of sp³-hybridized carbons (Fsp3) is 0. The largest absolute Gasteiger partial charge is 0.360 e. The van der Waals surface area contributed by atoms with E-state index in [2.05, 4.69) is 0 Å². The Hall–Kier alpha value is -1.92. The topological polar surface area (TPSA) is 86.2 Å². The van der Waals surface area contributed by atoms with E-state index in [-0.39, 0.29) is 0 Å². The van der Waals surface area contributed by atoms with Crippen LogP contribution in [0.2, 0.25) is 0 Å². The van der Waals surface area contributed by atoms with Crippen molar-refractivity contribution in [2.45, 2.75) is 9.79 Å². The molecule has 0 atom stereocenters. The summed E-state index contributed by atoms with van der Waals surface area (Å²) in [6, 6.07) is 15.0. The number of carbonyl (C=O) groups is 2. The van der Waals surface area contributed by atoms with Crippen molar-refractivity contribution in [3.05, 3.63) is 48.5 Å². The molecule has 0 aromatic heterocycles. The predicted molar refractivity (Wildman–Crippen MR) is 82.8 cm³/mol. The van der Waals surface area contributed by atoms with E-state index >= 15 is 0 Å². The van der Waals surface area contributed by atoms with Crippen LogP contribution in [0.25, 0.3) is 11.1 Å². The Labute approximate surface area is 124 Å². The zero-order valence-electron chi connectivity index (χ0n) is 10.4. The van der Waals surface area contributed by atoms with Crippen molar-refractivity contribution in [1.29, 1.82) is 0 Å². The van der Waals surface area contributed by atoms with Crippen LogP contribution < -0.4 is 11.5 Å². The summed E-state index contributed by atoms with van der Waals surface area (Å²) < 4.78 is 0. The average Bonchev–Trinajstić information content (AvgIpc) is 2.39. The number of thioether (sulfide) groups is 2. The van der Waals surface area contributed by atoms with Crippen LogP contribution >= 0.6 is 23.5 Å². The zero-order chi connectivity index (χ0) is 14.5. The van der Waals surface area contributed by atoms with Crippen LogP contribution in [0.4, 0.5) is 9.59 Å².